The quantitative estimate of drug-likeness (QED) is 0.366. The highest BCUT2D eigenvalue weighted by Gasteiger charge is 2.28. The molecular formula is C16H22N2O6. The average molecular weight is 338 g/mol. The van der Waals surface area contributed by atoms with Crippen LogP contribution in [0.3, 0.4) is 0 Å². The second-order valence-electron chi connectivity index (χ2n) is 5.65. The van der Waals surface area contributed by atoms with Crippen LogP contribution in [0.1, 0.15) is 25.8 Å². The molecule has 0 aliphatic heterocycles. The van der Waals surface area contributed by atoms with Crippen LogP contribution in [0.15, 0.2) is 24.4 Å². The molecule has 0 amide bonds. The van der Waals surface area contributed by atoms with E-state index in [4.69, 9.17) is 15.2 Å². The maximum Gasteiger partial charge on any atom is 0.326 e. The molecule has 2 atom stereocenters. The Hall–Kier alpha value is -2.13. The molecule has 2 rings (SSSR count). The number of nitrogens with two attached hydrogens (primary N) is 1. The minimum atomic E-state index is -3.02. The molecule has 1 aromatic heterocycles. The van der Waals surface area contributed by atoms with Crippen LogP contribution >= 0.6 is 0 Å². The molecule has 6 N–H and O–H groups in total. The number of H-pyrrole nitrogens is 1. The molecule has 0 aliphatic rings. The van der Waals surface area contributed by atoms with Crippen molar-refractivity contribution in [1.29, 1.82) is 0 Å². The lowest BCUT2D eigenvalue weighted by Crippen LogP contribution is -2.38. The number of benzene rings is 1. The standard InChI is InChI=1S/C16H22N2O6/c1-3-9(2)14(17)15(19)24-8-23-12-6-4-5-11-13(12)10(7-18-11)16(20,21)22/h4-7,9,14,18,20-22H,3,8,17H2,1-2H3. The van der Waals surface area contributed by atoms with Crippen molar-refractivity contribution in [1.82, 2.24) is 4.98 Å². The number of rotatable bonds is 7. The molecule has 2 unspecified atom stereocenters. The van der Waals surface area contributed by atoms with E-state index in [0.717, 1.165) is 6.42 Å². The molecule has 2 aromatic rings. The lowest BCUT2D eigenvalue weighted by molar-refractivity contribution is -0.322. The van der Waals surface area contributed by atoms with E-state index in [-0.39, 0.29) is 29.4 Å². The molecule has 24 heavy (non-hydrogen) atoms. The smallest absolute Gasteiger partial charge is 0.326 e. The lowest BCUT2D eigenvalue weighted by atomic mass is 10.0. The molecule has 0 bridgehead atoms. The molecule has 0 saturated heterocycles. The first-order valence-corrected chi connectivity index (χ1v) is 7.58. The normalized spacial score (nSPS) is 14.4. The molecule has 1 aromatic carbocycles. The number of aliphatic hydroxyl groups is 3. The fourth-order valence-electron chi connectivity index (χ4n) is 2.27. The maximum atomic E-state index is 11.8. The zero-order valence-corrected chi connectivity index (χ0v) is 13.5. The van der Waals surface area contributed by atoms with Gasteiger partial charge in [0.05, 0.1) is 10.9 Å². The van der Waals surface area contributed by atoms with E-state index in [1.54, 1.807) is 18.2 Å². The van der Waals surface area contributed by atoms with Gasteiger partial charge in [0.15, 0.2) is 0 Å². The molecule has 132 valence electrons. The van der Waals surface area contributed by atoms with Gasteiger partial charge in [0, 0.05) is 11.7 Å². The second kappa shape index (κ2) is 7.18. The zero-order valence-electron chi connectivity index (χ0n) is 13.5. The highest BCUT2D eigenvalue weighted by molar-refractivity contribution is 5.89. The first-order valence-electron chi connectivity index (χ1n) is 7.58. The van der Waals surface area contributed by atoms with Crippen LogP contribution in [0, 0.1) is 5.92 Å². The van der Waals surface area contributed by atoms with Crippen molar-refractivity contribution in [3.05, 3.63) is 30.0 Å². The van der Waals surface area contributed by atoms with Crippen LogP contribution in [0.2, 0.25) is 0 Å². The monoisotopic (exact) mass is 338 g/mol. The van der Waals surface area contributed by atoms with Gasteiger partial charge >= 0.3 is 11.9 Å². The van der Waals surface area contributed by atoms with Crippen LogP contribution in [-0.2, 0) is 15.5 Å². The van der Waals surface area contributed by atoms with E-state index in [1.807, 2.05) is 13.8 Å². The van der Waals surface area contributed by atoms with Gasteiger partial charge < -0.3 is 35.5 Å². The van der Waals surface area contributed by atoms with Gasteiger partial charge in [0.1, 0.15) is 11.8 Å². The summed E-state index contributed by atoms with van der Waals surface area (Å²) in [5, 5.41) is 28.5. The fraction of sp³-hybridized carbons (Fsp3) is 0.438. The van der Waals surface area contributed by atoms with Crippen molar-refractivity contribution in [3.63, 3.8) is 0 Å². The van der Waals surface area contributed by atoms with E-state index in [2.05, 4.69) is 4.98 Å². The van der Waals surface area contributed by atoms with Gasteiger partial charge in [-0.2, -0.15) is 0 Å². The van der Waals surface area contributed by atoms with Gasteiger partial charge in [-0.05, 0) is 18.1 Å². The summed E-state index contributed by atoms with van der Waals surface area (Å²) >= 11 is 0. The number of hydrogen-bond donors (Lipinski definition) is 5. The summed E-state index contributed by atoms with van der Waals surface area (Å²) in [5.74, 6) is -3.40. The minimum Gasteiger partial charge on any atom is -0.457 e. The Kier molecular flexibility index (Phi) is 5.45. The van der Waals surface area contributed by atoms with Gasteiger partial charge in [0.25, 0.3) is 0 Å². The van der Waals surface area contributed by atoms with Crippen LogP contribution in [0.25, 0.3) is 10.9 Å². The number of nitrogens with one attached hydrogen (secondary N) is 1. The van der Waals surface area contributed by atoms with E-state index in [1.165, 1.54) is 6.20 Å². The van der Waals surface area contributed by atoms with Crippen molar-refractivity contribution >= 4 is 16.9 Å². The van der Waals surface area contributed by atoms with Gasteiger partial charge in [-0.1, -0.05) is 26.3 Å². The number of aromatic amines is 1. The highest BCUT2D eigenvalue weighted by Crippen LogP contribution is 2.33. The highest BCUT2D eigenvalue weighted by atomic mass is 16.7. The first kappa shape index (κ1) is 18.2. The summed E-state index contributed by atoms with van der Waals surface area (Å²) in [7, 11) is 0. The molecule has 0 saturated carbocycles. The van der Waals surface area contributed by atoms with Crippen molar-refractivity contribution in [2.24, 2.45) is 11.7 Å². The van der Waals surface area contributed by atoms with Crippen molar-refractivity contribution in [2.45, 2.75) is 32.3 Å². The first-order chi connectivity index (χ1) is 11.3. The third-order valence-corrected chi connectivity index (χ3v) is 3.97. The topological polar surface area (TPSA) is 138 Å². The predicted octanol–water partition coefficient (Wildman–Crippen LogP) is 0.508. The number of esters is 1. The summed E-state index contributed by atoms with van der Waals surface area (Å²) in [6.45, 7) is 3.39. The van der Waals surface area contributed by atoms with Gasteiger partial charge in [0.2, 0.25) is 6.79 Å². The maximum absolute atomic E-state index is 11.8. The summed E-state index contributed by atoms with van der Waals surface area (Å²) in [4.78, 5) is 14.6. The SMILES string of the molecule is CCC(C)C(N)C(=O)OCOc1cccc2[nH]cc(C(O)(O)O)c12. The Labute approximate surface area is 138 Å². The van der Waals surface area contributed by atoms with E-state index < -0.39 is 18.0 Å². The van der Waals surface area contributed by atoms with Gasteiger partial charge in [-0.15, -0.1) is 0 Å². The summed E-state index contributed by atoms with van der Waals surface area (Å²) in [6, 6.07) is 4.14. The Morgan fingerprint density at radius 1 is 1.38 bits per heavy atom. The molecule has 8 nitrogen and oxygen atoms in total. The number of hydrogen-bond acceptors (Lipinski definition) is 7. The zero-order chi connectivity index (χ0) is 17.9. The van der Waals surface area contributed by atoms with Crippen LogP contribution in [0.4, 0.5) is 0 Å². The van der Waals surface area contributed by atoms with E-state index in [0.29, 0.717) is 5.52 Å². The van der Waals surface area contributed by atoms with Gasteiger partial charge in [-0.25, -0.2) is 0 Å². The third kappa shape index (κ3) is 3.85. The predicted molar refractivity (Wildman–Crippen MR) is 85.7 cm³/mol. The third-order valence-electron chi connectivity index (χ3n) is 3.97. The van der Waals surface area contributed by atoms with Crippen molar-refractivity contribution < 1.29 is 29.6 Å². The van der Waals surface area contributed by atoms with Crippen molar-refractivity contribution in [3.8, 4) is 5.75 Å². The Morgan fingerprint density at radius 2 is 2.08 bits per heavy atom. The largest absolute Gasteiger partial charge is 0.457 e. The second-order valence-corrected chi connectivity index (χ2v) is 5.65. The van der Waals surface area contributed by atoms with Crippen LogP contribution in [0.5, 0.6) is 5.75 Å². The van der Waals surface area contributed by atoms with Gasteiger partial charge in [-0.3, -0.25) is 4.79 Å². The van der Waals surface area contributed by atoms with Crippen molar-refractivity contribution in [2.75, 3.05) is 6.79 Å². The van der Waals surface area contributed by atoms with E-state index in [9.17, 15) is 20.1 Å². The van der Waals surface area contributed by atoms with Crippen LogP contribution < -0.4 is 10.5 Å². The average Bonchev–Trinajstić information content (AvgIpc) is 2.98. The number of aromatic nitrogens is 1. The Balaban J connectivity index is 2.11. The summed E-state index contributed by atoms with van der Waals surface area (Å²) < 4.78 is 10.4. The van der Waals surface area contributed by atoms with E-state index >= 15 is 0 Å². The number of fused-ring (bicyclic) bond motifs is 1. The molecule has 0 aliphatic carbocycles. The molecule has 8 heteroatoms. The minimum absolute atomic E-state index is 0.0176. The number of ether oxygens (including phenoxy) is 2. The molecule has 0 radical (unpaired) electrons. The molecule has 0 spiro atoms. The van der Waals surface area contributed by atoms with Crippen LogP contribution in [-0.4, -0.2) is 39.1 Å². The Bertz CT molecular complexity index is 706. The fourth-order valence-corrected chi connectivity index (χ4v) is 2.27. The molecular weight excluding hydrogens is 316 g/mol. The molecule has 0 fully saturated rings. The molecule has 1 heterocycles. The summed E-state index contributed by atoms with van der Waals surface area (Å²) in [5.41, 5.74) is 6.12. The summed E-state index contributed by atoms with van der Waals surface area (Å²) in [6.07, 6.45) is 2.00. The lowest BCUT2D eigenvalue weighted by Gasteiger charge is -2.18. The number of carbonyl (C=O) groups is 1. The Morgan fingerprint density at radius 3 is 2.71 bits per heavy atom. The number of carbonyl (C=O) groups excluding carboxylic acids is 1.